The second kappa shape index (κ2) is 7.71. The summed E-state index contributed by atoms with van der Waals surface area (Å²) in [4.78, 5) is 40.2. The van der Waals surface area contributed by atoms with Crippen molar-refractivity contribution in [1.82, 2.24) is 15.5 Å². The number of hydrogen-bond acceptors (Lipinski definition) is 3. The molecular weight excluding hydrogens is 447 g/mol. The van der Waals surface area contributed by atoms with Gasteiger partial charge in [-0.3, -0.25) is 19.8 Å². The Labute approximate surface area is 196 Å². The third-order valence-corrected chi connectivity index (χ3v) is 8.55. The second-order valence-corrected chi connectivity index (χ2v) is 10.9. The SMILES string of the molecule is CCC(N1C(=O)NC(NC(=O)c2cccc(C)c2)(C(F)(F)F)C1=O)C12CC3CC(CC(C3)C1)C2. The second-order valence-electron chi connectivity index (χ2n) is 10.9. The van der Waals surface area contributed by atoms with Crippen LogP contribution in [0.2, 0.25) is 0 Å². The maximum atomic E-state index is 14.4. The topological polar surface area (TPSA) is 78.5 Å². The summed E-state index contributed by atoms with van der Waals surface area (Å²) in [5.74, 6) is -0.980. The van der Waals surface area contributed by atoms with Gasteiger partial charge in [0.15, 0.2) is 0 Å². The van der Waals surface area contributed by atoms with E-state index < -0.39 is 35.7 Å². The first kappa shape index (κ1) is 23.2. The molecule has 0 aromatic heterocycles. The van der Waals surface area contributed by atoms with Crippen LogP contribution in [0.3, 0.4) is 0 Å². The van der Waals surface area contributed by atoms with Crippen LogP contribution in [-0.2, 0) is 4.79 Å². The van der Waals surface area contributed by atoms with E-state index >= 15 is 0 Å². The Kier molecular flexibility index (Phi) is 5.26. The average Bonchev–Trinajstić information content (AvgIpc) is 2.98. The molecule has 1 aromatic rings. The van der Waals surface area contributed by atoms with Gasteiger partial charge in [0.05, 0.1) is 0 Å². The van der Waals surface area contributed by atoms with Gasteiger partial charge in [0.25, 0.3) is 17.5 Å². The number of rotatable bonds is 5. The van der Waals surface area contributed by atoms with E-state index in [1.165, 1.54) is 12.1 Å². The van der Waals surface area contributed by atoms with E-state index in [0.29, 0.717) is 29.7 Å². The molecule has 4 amide bonds. The number of urea groups is 1. The Balaban J connectivity index is 1.48. The van der Waals surface area contributed by atoms with E-state index in [9.17, 15) is 27.6 Å². The van der Waals surface area contributed by atoms with Crippen molar-refractivity contribution in [3.05, 3.63) is 35.4 Å². The fourth-order valence-electron chi connectivity index (χ4n) is 7.68. The van der Waals surface area contributed by atoms with Crippen LogP contribution < -0.4 is 10.6 Å². The lowest BCUT2D eigenvalue weighted by molar-refractivity contribution is -0.202. The van der Waals surface area contributed by atoms with E-state index in [4.69, 9.17) is 0 Å². The molecule has 6 rings (SSSR count). The molecule has 0 radical (unpaired) electrons. The van der Waals surface area contributed by atoms with E-state index in [0.717, 1.165) is 43.4 Å². The molecule has 2 N–H and O–H groups in total. The highest BCUT2D eigenvalue weighted by Gasteiger charge is 2.71. The molecule has 0 spiro atoms. The molecule has 6 nitrogen and oxygen atoms in total. The molecule has 4 bridgehead atoms. The minimum absolute atomic E-state index is 0.0164. The van der Waals surface area contributed by atoms with Gasteiger partial charge in [0.1, 0.15) is 0 Å². The lowest BCUT2D eigenvalue weighted by Gasteiger charge is -2.60. The average molecular weight is 478 g/mol. The van der Waals surface area contributed by atoms with E-state index in [2.05, 4.69) is 0 Å². The molecule has 1 heterocycles. The number of halogens is 3. The zero-order valence-corrected chi connectivity index (χ0v) is 19.4. The highest BCUT2D eigenvalue weighted by atomic mass is 19.4. The Bertz CT molecular complexity index is 1000. The maximum Gasteiger partial charge on any atom is 0.440 e. The number of benzene rings is 1. The lowest BCUT2D eigenvalue weighted by Crippen LogP contribution is -2.70. The number of nitrogens with zero attached hydrogens (tertiary/aromatic N) is 1. The first-order chi connectivity index (χ1) is 16.0. The van der Waals surface area contributed by atoms with Crippen LogP contribution in [0.1, 0.15) is 67.8 Å². The fourth-order valence-corrected chi connectivity index (χ4v) is 7.68. The number of carbonyl (C=O) groups is 3. The molecule has 4 saturated carbocycles. The van der Waals surface area contributed by atoms with Gasteiger partial charge in [-0.1, -0.05) is 24.6 Å². The summed E-state index contributed by atoms with van der Waals surface area (Å²) in [7, 11) is 0. The number of alkyl halides is 3. The molecule has 9 heteroatoms. The van der Waals surface area contributed by atoms with Crippen LogP contribution in [0, 0.1) is 30.1 Å². The van der Waals surface area contributed by atoms with Crippen LogP contribution >= 0.6 is 0 Å². The van der Waals surface area contributed by atoms with Gasteiger partial charge in [-0.05, 0) is 87.2 Å². The quantitative estimate of drug-likeness (QED) is 0.612. The van der Waals surface area contributed by atoms with Crippen molar-refractivity contribution in [3.8, 4) is 0 Å². The molecule has 2 atom stereocenters. The number of hydrogen-bond donors (Lipinski definition) is 2. The molecule has 5 fully saturated rings. The Morgan fingerprint density at radius 1 is 1.15 bits per heavy atom. The van der Waals surface area contributed by atoms with Gasteiger partial charge in [-0.2, -0.15) is 13.2 Å². The fraction of sp³-hybridized carbons (Fsp3) is 0.640. The van der Waals surface area contributed by atoms with Crippen LogP contribution in [-0.4, -0.2) is 40.6 Å². The number of imide groups is 1. The van der Waals surface area contributed by atoms with Crippen molar-refractivity contribution in [2.24, 2.45) is 23.2 Å². The summed E-state index contributed by atoms with van der Waals surface area (Å²) < 4.78 is 43.3. The van der Waals surface area contributed by atoms with Gasteiger partial charge < -0.3 is 5.32 Å². The standard InChI is InChI=1S/C25H30F3N3O3/c1-3-19(23-11-15-8-16(12-23)10-17(9-15)13-23)31-21(33)24(25(26,27)28,30-22(31)34)29-20(32)18-6-4-5-14(2)7-18/h4-7,15-17,19H,3,8-13H2,1-2H3,(H,29,32)(H,30,34). The maximum absolute atomic E-state index is 14.4. The van der Waals surface area contributed by atoms with Gasteiger partial charge in [-0.25, -0.2) is 4.79 Å². The number of carbonyl (C=O) groups excluding carboxylic acids is 3. The molecule has 5 aliphatic rings. The predicted octanol–water partition coefficient (Wildman–Crippen LogP) is 4.53. The highest BCUT2D eigenvalue weighted by Crippen LogP contribution is 2.62. The van der Waals surface area contributed by atoms with Crippen molar-refractivity contribution >= 4 is 17.8 Å². The van der Waals surface area contributed by atoms with Crippen molar-refractivity contribution in [2.45, 2.75) is 76.7 Å². The molecule has 34 heavy (non-hydrogen) atoms. The summed E-state index contributed by atoms with van der Waals surface area (Å²) in [5.41, 5.74) is -3.17. The predicted molar refractivity (Wildman–Crippen MR) is 117 cm³/mol. The molecular formula is C25H30F3N3O3. The van der Waals surface area contributed by atoms with Gasteiger partial charge in [0, 0.05) is 11.6 Å². The zero-order valence-electron chi connectivity index (χ0n) is 19.4. The smallest absolute Gasteiger partial charge is 0.314 e. The van der Waals surface area contributed by atoms with E-state index in [1.54, 1.807) is 19.1 Å². The van der Waals surface area contributed by atoms with E-state index in [1.807, 2.05) is 17.6 Å². The van der Waals surface area contributed by atoms with Crippen molar-refractivity contribution in [1.29, 1.82) is 0 Å². The molecule has 1 aromatic carbocycles. The number of nitrogens with one attached hydrogen (secondary N) is 2. The van der Waals surface area contributed by atoms with Crippen LogP contribution in [0.15, 0.2) is 24.3 Å². The third-order valence-electron chi connectivity index (χ3n) is 8.55. The molecule has 1 saturated heterocycles. The lowest BCUT2D eigenvalue weighted by atomic mass is 9.47. The van der Waals surface area contributed by atoms with Gasteiger partial charge in [0.2, 0.25) is 0 Å². The zero-order chi connectivity index (χ0) is 24.5. The Hall–Kier alpha value is -2.58. The van der Waals surface area contributed by atoms with Crippen molar-refractivity contribution < 1.29 is 27.6 Å². The summed E-state index contributed by atoms with van der Waals surface area (Å²) in [5, 5.41) is 3.70. The largest absolute Gasteiger partial charge is 0.440 e. The van der Waals surface area contributed by atoms with Gasteiger partial charge in [-0.15, -0.1) is 0 Å². The Morgan fingerprint density at radius 2 is 1.74 bits per heavy atom. The summed E-state index contributed by atoms with van der Waals surface area (Å²) in [6.07, 6.45) is 1.08. The third kappa shape index (κ3) is 3.41. The first-order valence-electron chi connectivity index (χ1n) is 12.1. The summed E-state index contributed by atoms with van der Waals surface area (Å²) >= 11 is 0. The van der Waals surface area contributed by atoms with Crippen molar-refractivity contribution in [3.63, 3.8) is 0 Å². The summed E-state index contributed by atoms with van der Waals surface area (Å²) in [6, 6.07) is 4.34. The summed E-state index contributed by atoms with van der Waals surface area (Å²) in [6.45, 7) is 3.53. The molecule has 1 aliphatic heterocycles. The highest BCUT2D eigenvalue weighted by molar-refractivity contribution is 6.10. The van der Waals surface area contributed by atoms with Crippen LogP contribution in [0.5, 0.6) is 0 Å². The minimum Gasteiger partial charge on any atom is -0.314 e. The van der Waals surface area contributed by atoms with Crippen LogP contribution in [0.25, 0.3) is 0 Å². The molecule has 184 valence electrons. The number of amides is 4. The van der Waals surface area contributed by atoms with E-state index in [-0.39, 0.29) is 11.0 Å². The monoisotopic (exact) mass is 477 g/mol. The number of aryl methyl sites for hydroxylation is 1. The van der Waals surface area contributed by atoms with Crippen LogP contribution in [0.4, 0.5) is 18.0 Å². The van der Waals surface area contributed by atoms with Crippen molar-refractivity contribution in [2.75, 3.05) is 0 Å². The minimum atomic E-state index is -5.21. The van der Waals surface area contributed by atoms with Gasteiger partial charge >= 0.3 is 12.2 Å². The first-order valence-corrected chi connectivity index (χ1v) is 12.1. The normalized spacial score (nSPS) is 35.4. The molecule has 4 aliphatic carbocycles. The Morgan fingerprint density at radius 3 is 2.24 bits per heavy atom. The molecule has 2 unspecified atom stereocenters.